The topological polar surface area (TPSA) is 56.3 Å². The Hall–Kier alpha value is -2.79. The van der Waals surface area contributed by atoms with E-state index < -0.39 is 0 Å². The summed E-state index contributed by atoms with van der Waals surface area (Å²) in [4.78, 5) is 0. The molecule has 0 aliphatic rings. The summed E-state index contributed by atoms with van der Waals surface area (Å²) in [5.74, 6) is 6.49. The van der Waals surface area contributed by atoms with E-state index in [2.05, 4.69) is 37.1 Å². The summed E-state index contributed by atoms with van der Waals surface area (Å²) in [5.41, 5.74) is 5.39. The predicted octanol–water partition coefficient (Wildman–Crippen LogP) is 3.38. The third kappa shape index (κ3) is 3.41. The van der Waals surface area contributed by atoms with E-state index in [9.17, 15) is 0 Å². The Labute approximate surface area is 142 Å². The second kappa shape index (κ2) is 6.76. The second-order valence-corrected chi connectivity index (χ2v) is 5.91. The minimum Gasteiger partial charge on any atom is -0.472 e. The van der Waals surface area contributed by atoms with Gasteiger partial charge in [-0.1, -0.05) is 29.8 Å². The van der Waals surface area contributed by atoms with E-state index in [1.165, 1.54) is 5.56 Å². The Kier molecular flexibility index (Phi) is 4.53. The Morgan fingerprint density at radius 2 is 1.83 bits per heavy atom. The van der Waals surface area contributed by atoms with Gasteiger partial charge in [-0.05, 0) is 37.6 Å². The van der Waals surface area contributed by atoms with Crippen molar-refractivity contribution in [3.8, 4) is 11.6 Å². The van der Waals surface area contributed by atoms with Crippen LogP contribution in [0, 0.1) is 13.8 Å². The van der Waals surface area contributed by atoms with E-state index in [1.54, 1.807) is 5.01 Å². The van der Waals surface area contributed by atoms with Crippen molar-refractivity contribution in [2.45, 2.75) is 20.5 Å². The van der Waals surface area contributed by atoms with Gasteiger partial charge in [-0.15, -0.1) is 5.10 Å². The molecule has 124 valence electrons. The van der Waals surface area contributed by atoms with E-state index in [1.807, 2.05) is 48.3 Å². The summed E-state index contributed by atoms with van der Waals surface area (Å²) in [6.07, 6.45) is 1.90. The number of hydrogen-bond acceptors (Lipinski definition) is 4. The number of nitrogens with zero attached hydrogens (tertiary/aromatic N) is 3. The Balaban J connectivity index is 1.76. The van der Waals surface area contributed by atoms with Gasteiger partial charge in [-0.25, -0.2) is 10.5 Å². The SMILES string of the molecule is Cc1ccc(-n2ccc(OCc3c(C)cccc3N(C)N)n2)cc1. The molecule has 0 saturated carbocycles. The summed E-state index contributed by atoms with van der Waals surface area (Å²) >= 11 is 0. The Morgan fingerprint density at radius 3 is 2.54 bits per heavy atom. The smallest absolute Gasteiger partial charge is 0.233 e. The van der Waals surface area contributed by atoms with Crippen molar-refractivity contribution in [3.63, 3.8) is 0 Å². The fourth-order valence-corrected chi connectivity index (χ4v) is 2.58. The minimum atomic E-state index is 0.425. The molecule has 1 aromatic heterocycles. The van der Waals surface area contributed by atoms with Crippen molar-refractivity contribution >= 4 is 5.69 Å². The number of nitrogens with two attached hydrogens (primary N) is 1. The lowest BCUT2D eigenvalue weighted by Gasteiger charge is -2.18. The van der Waals surface area contributed by atoms with Gasteiger partial charge in [0.2, 0.25) is 5.88 Å². The lowest BCUT2D eigenvalue weighted by molar-refractivity contribution is 0.291. The normalized spacial score (nSPS) is 10.7. The largest absolute Gasteiger partial charge is 0.472 e. The molecule has 2 N–H and O–H groups in total. The number of aryl methyl sites for hydroxylation is 2. The van der Waals surface area contributed by atoms with Crippen LogP contribution in [0.15, 0.2) is 54.7 Å². The molecule has 0 unspecified atom stereocenters. The number of rotatable bonds is 5. The Morgan fingerprint density at radius 1 is 1.08 bits per heavy atom. The molecule has 3 aromatic rings. The van der Waals surface area contributed by atoms with Gasteiger partial charge in [0.15, 0.2) is 0 Å². The highest BCUT2D eigenvalue weighted by Gasteiger charge is 2.10. The molecule has 0 radical (unpaired) electrons. The standard InChI is InChI=1S/C19H22N4O/c1-14-7-9-16(10-8-14)23-12-11-19(21-23)24-13-17-15(2)5-4-6-18(17)22(3)20/h4-12H,13,20H2,1-3H3. The number of benzene rings is 2. The minimum absolute atomic E-state index is 0.425. The van der Waals surface area contributed by atoms with Crippen LogP contribution in [0.25, 0.3) is 5.69 Å². The maximum Gasteiger partial charge on any atom is 0.233 e. The van der Waals surface area contributed by atoms with Gasteiger partial charge in [-0.3, -0.25) is 0 Å². The van der Waals surface area contributed by atoms with E-state index in [-0.39, 0.29) is 0 Å². The molecule has 1 heterocycles. The molecule has 5 heteroatoms. The van der Waals surface area contributed by atoms with Crippen LogP contribution >= 0.6 is 0 Å². The maximum absolute atomic E-state index is 5.90. The second-order valence-electron chi connectivity index (χ2n) is 5.91. The average Bonchev–Trinajstić information content (AvgIpc) is 3.03. The van der Waals surface area contributed by atoms with Crippen LogP contribution in [-0.4, -0.2) is 16.8 Å². The summed E-state index contributed by atoms with van der Waals surface area (Å²) < 4.78 is 7.68. The third-order valence-electron chi connectivity index (χ3n) is 3.99. The van der Waals surface area contributed by atoms with Crippen molar-refractivity contribution in [1.29, 1.82) is 0 Å². The molecule has 0 atom stereocenters. The molecule has 24 heavy (non-hydrogen) atoms. The summed E-state index contributed by atoms with van der Waals surface area (Å²) in [5, 5.41) is 6.09. The van der Waals surface area contributed by atoms with Crippen LogP contribution in [0.4, 0.5) is 5.69 Å². The van der Waals surface area contributed by atoms with Crippen molar-refractivity contribution < 1.29 is 4.74 Å². The first kappa shape index (κ1) is 16.1. The molecular formula is C19H22N4O. The van der Waals surface area contributed by atoms with Crippen molar-refractivity contribution in [3.05, 3.63) is 71.4 Å². The molecule has 2 aromatic carbocycles. The summed E-state index contributed by atoms with van der Waals surface area (Å²) in [6, 6.07) is 16.1. The van der Waals surface area contributed by atoms with Crippen LogP contribution in [0.5, 0.6) is 5.88 Å². The molecule has 0 aliphatic heterocycles. The molecule has 0 aliphatic carbocycles. The zero-order chi connectivity index (χ0) is 17.1. The number of anilines is 1. The number of aromatic nitrogens is 2. The van der Waals surface area contributed by atoms with Gasteiger partial charge in [0.25, 0.3) is 0 Å². The molecule has 0 amide bonds. The zero-order valence-electron chi connectivity index (χ0n) is 14.2. The average molecular weight is 322 g/mol. The van der Waals surface area contributed by atoms with E-state index in [0.29, 0.717) is 12.5 Å². The number of ether oxygens (including phenoxy) is 1. The molecule has 0 spiro atoms. The lowest BCUT2D eigenvalue weighted by Crippen LogP contribution is -2.26. The highest BCUT2D eigenvalue weighted by Crippen LogP contribution is 2.23. The fourth-order valence-electron chi connectivity index (χ4n) is 2.58. The predicted molar refractivity (Wildman–Crippen MR) is 96.4 cm³/mol. The van der Waals surface area contributed by atoms with Gasteiger partial charge < -0.3 is 9.75 Å². The fraction of sp³-hybridized carbons (Fsp3) is 0.211. The van der Waals surface area contributed by atoms with Crippen LogP contribution < -0.4 is 15.6 Å². The van der Waals surface area contributed by atoms with Gasteiger partial charge in [-0.2, -0.15) is 0 Å². The first-order valence-electron chi connectivity index (χ1n) is 7.87. The molecule has 3 rings (SSSR count). The first-order valence-corrected chi connectivity index (χ1v) is 7.87. The zero-order valence-corrected chi connectivity index (χ0v) is 14.2. The highest BCUT2D eigenvalue weighted by atomic mass is 16.5. The van der Waals surface area contributed by atoms with E-state index >= 15 is 0 Å². The van der Waals surface area contributed by atoms with Gasteiger partial charge in [0.1, 0.15) is 6.61 Å². The van der Waals surface area contributed by atoms with Crippen LogP contribution in [0.2, 0.25) is 0 Å². The summed E-state index contributed by atoms with van der Waals surface area (Å²) in [6.45, 7) is 4.54. The molecule has 0 saturated heterocycles. The van der Waals surface area contributed by atoms with Crippen molar-refractivity contribution in [1.82, 2.24) is 9.78 Å². The summed E-state index contributed by atoms with van der Waals surface area (Å²) in [7, 11) is 1.82. The maximum atomic E-state index is 5.90. The Bertz CT molecular complexity index is 822. The van der Waals surface area contributed by atoms with Crippen molar-refractivity contribution in [2.24, 2.45) is 5.84 Å². The van der Waals surface area contributed by atoms with E-state index in [4.69, 9.17) is 10.6 Å². The van der Waals surface area contributed by atoms with Crippen molar-refractivity contribution in [2.75, 3.05) is 12.1 Å². The molecule has 0 fully saturated rings. The highest BCUT2D eigenvalue weighted by molar-refractivity contribution is 5.55. The van der Waals surface area contributed by atoms with E-state index in [0.717, 1.165) is 22.5 Å². The molecule has 5 nitrogen and oxygen atoms in total. The van der Waals surface area contributed by atoms with Crippen LogP contribution in [0.3, 0.4) is 0 Å². The van der Waals surface area contributed by atoms with Gasteiger partial charge >= 0.3 is 0 Å². The monoisotopic (exact) mass is 322 g/mol. The van der Waals surface area contributed by atoms with Crippen LogP contribution in [0.1, 0.15) is 16.7 Å². The van der Waals surface area contributed by atoms with Gasteiger partial charge in [0.05, 0.1) is 11.4 Å². The van der Waals surface area contributed by atoms with Gasteiger partial charge in [0, 0.05) is 24.9 Å². The quantitative estimate of drug-likeness (QED) is 0.578. The third-order valence-corrected chi connectivity index (χ3v) is 3.99. The number of hydrogen-bond donors (Lipinski definition) is 1. The number of hydrazine groups is 1. The lowest BCUT2D eigenvalue weighted by atomic mass is 10.1. The first-order chi connectivity index (χ1) is 11.5. The van der Waals surface area contributed by atoms with Crippen LogP contribution in [-0.2, 0) is 6.61 Å². The molecular weight excluding hydrogens is 300 g/mol. The molecule has 0 bridgehead atoms.